The van der Waals surface area contributed by atoms with Gasteiger partial charge in [-0.25, -0.2) is 4.39 Å². The molecule has 0 atom stereocenters. The van der Waals surface area contributed by atoms with Crippen molar-refractivity contribution in [2.24, 2.45) is 0 Å². The predicted molar refractivity (Wildman–Crippen MR) is 106 cm³/mol. The second kappa shape index (κ2) is 9.09. The van der Waals surface area contributed by atoms with Crippen LogP contribution in [0.4, 0.5) is 10.1 Å². The number of hydrogen-bond acceptors (Lipinski definition) is 4. The zero-order valence-electron chi connectivity index (χ0n) is 15.6. The smallest absolute Gasteiger partial charge is 0.276 e. The van der Waals surface area contributed by atoms with Gasteiger partial charge in [-0.3, -0.25) is 19.7 Å². The number of nitrogens with one attached hydrogen (secondary N) is 1. The van der Waals surface area contributed by atoms with Gasteiger partial charge in [0, 0.05) is 31.3 Å². The van der Waals surface area contributed by atoms with E-state index in [0.29, 0.717) is 31.5 Å². The number of rotatable bonds is 5. The minimum absolute atomic E-state index is 0.0439. The van der Waals surface area contributed by atoms with Gasteiger partial charge >= 0.3 is 0 Å². The van der Waals surface area contributed by atoms with E-state index in [-0.39, 0.29) is 29.1 Å². The molecule has 7 nitrogen and oxygen atoms in total. The van der Waals surface area contributed by atoms with Crippen LogP contribution in [-0.2, 0) is 4.79 Å². The number of halogens is 1. The molecule has 0 bridgehead atoms. The molecular formula is C21H20FN3O4. The highest BCUT2D eigenvalue weighted by molar-refractivity contribution is 5.94. The molecule has 29 heavy (non-hydrogen) atoms. The van der Waals surface area contributed by atoms with E-state index in [2.05, 4.69) is 5.32 Å². The molecule has 0 aromatic heterocycles. The van der Waals surface area contributed by atoms with E-state index in [1.54, 1.807) is 29.2 Å². The van der Waals surface area contributed by atoms with Crippen molar-refractivity contribution in [3.63, 3.8) is 0 Å². The number of carbonyl (C=O) groups is 2. The van der Waals surface area contributed by atoms with E-state index in [1.165, 1.54) is 36.4 Å². The zero-order valence-corrected chi connectivity index (χ0v) is 15.6. The number of para-hydroxylation sites is 1. The first-order valence-corrected chi connectivity index (χ1v) is 9.21. The summed E-state index contributed by atoms with van der Waals surface area (Å²) in [6.45, 7) is 0.817. The Morgan fingerprint density at radius 1 is 1.10 bits per heavy atom. The molecule has 1 aliphatic rings. The summed E-state index contributed by atoms with van der Waals surface area (Å²) in [6, 6.07) is 11.9. The van der Waals surface area contributed by atoms with Crippen LogP contribution in [0.25, 0.3) is 6.08 Å². The van der Waals surface area contributed by atoms with Crippen molar-refractivity contribution in [3.8, 4) is 0 Å². The molecule has 0 aliphatic carbocycles. The lowest BCUT2D eigenvalue weighted by molar-refractivity contribution is -0.385. The zero-order chi connectivity index (χ0) is 20.8. The lowest BCUT2D eigenvalue weighted by atomic mass is 10.0. The van der Waals surface area contributed by atoms with E-state index in [9.17, 15) is 24.1 Å². The van der Waals surface area contributed by atoms with Gasteiger partial charge in [0.05, 0.1) is 16.1 Å². The van der Waals surface area contributed by atoms with Crippen LogP contribution in [0.3, 0.4) is 0 Å². The van der Waals surface area contributed by atoms with Gasteiger partial charge in [0.25, 0.3) is 11.6 Å². The summed E-state index contributed by atoms with van der Waals surface area (Å²) in [5, 5.41) is 13.8. The predicted octanol–water partition coefficient (Wildman–Crippen LogP) is 3.17. The third kappa shape index (κ3) is 5.04. The molecule has 2 aromatic carbocycles. The van der Waals surface area contributed by atoms with Gasteiger partial charge in [0.1, 0.15) is 5.82 Å². The Kier molecular flexibility index (Phi) is 6.33. The Labute approximate surface area is 167 Å². The Hall–Kier alpha value is -3.55. The lowest BCUT2D eigenvalue weighted by Crippen LogP contribution is -2.46. The highest BCUT2D eigenvalue weighted by Gasteiger charge is 2.25. The third-order valence-electron chi connectivity index (χ3n) is 4.78. The van der Waals surface area contributed by atoms with Gasteiger partial charge < -0.3 is 10.2 Å². The fraction of sp³-hybridized carbons (Fsp3) is 0.238. The first-order valence-electron chi connectivity index (χ1n) is 9.21. The molecule has 0 radical (unpaired) electrons. The van der Waals surface area contributed by atoms with Crippen LogP contribution in [0.1, 0.15) is 28.8 Å². The van der Waals surface area contributed by atoms with E-state index in [1.807, 2.05) is 0 Å². The molecule has 1 fully saturated rings. The number of amides is 2. The van der Waals surface area contributed by atoms with Gasteiger partial charge in [0.2, 0.25) is 5.91 Å². The summed E-state index contributed by atoms with van der Waals surface area (Å²) >= 11 is 0. The standard InChI is InChI=1S/C21H20FN3O4/c22-18-7-3-2-6-17(18)21(27)24-13-11-16(12-14-24)23-20(26)10-9-15-5-1-4-8-19(15)25(28)29/h1-10,16H,11-14H2,(H,23,26)/b10-9+. The van der Waals surface area contributed by atoms with Crippen LogP contribution in [0.15, 0.2) is 54.6 Å². The van der Waals surface area contributed by atoms with Gasteiger partial charge in [-0.2, -0.15) is 0 Å². The van der Waals surface area contributed by atoms with Gasteiger partial charge in [-0.05, 0) is 37.1 Å². The summed E-state index contributed by atoms with van der Waals surface area (Å²) in [4.78, 5) is 36.7. The minimum Gasteiger partial charge on any atom is -0.350 e. The molecule has 1 saturated heterocycles. The van der Waals surface area contributed by atoms with Crippen molar-refractivity contribution in [1.82, 2.24) is 10.2 Å². The van der Waals surface area contributed by atoms with Crippen LogP contribution in [0.5, 0.6) is 0 Å². The highest BCUT2D eigenvalue weighted by Crippen LogP contribution is 2.19. The number of nitrogens with zero attached hydrogens (tertiary/aromatic N) is 2. The topological polar surface area (TPSA) is 92.5 Å². The molecule has 2 aromatic rings. The van der Waals surface area contributed by atoms with Gasteiger partial charge in [-0.1, -0.05) is 24.3 Å². The Morgan fingerprint density at radius 3 is 2.45 bits per heavy atom. The molecule has 8 heteroatoms. The summed E-state index contributed by atoms with van der Waals surface area (Å²) in [5.41, 5.74) is 0.317. The van der Waals surface area contributed by atoms with Crippen molar-refractivity contribution < 1.29 is 18.9 Å². The Bertz CT molecular complexity index is 952. The van der Waals surface area contributed by atoms with Crippen molar-refractivity contribution in [2.45, 2.75) is 18.9 Å². The quantitative estimate of drug-likeness (QED) is 0.476. The van der Waals surface area contributed by atoms with E-state index in [0.717, 1.165) is 0 Å². The minimum atomic E-state index is -0.548. The molecular weight excluding hydrogens is 377 g/mol. The first-order chi connectivity index (χ1) is 14.0. The maximum Gasteiger partial charge on any atom is 0.276 e. The number of likely N-dealkylation sites (tertiary alicyclic amines) is 1. The monoisotopic (exact) mass is 397 g/mol. The highest BCUT2D eigenvalue weighted by atomic mass is 19.1. The summed E-state index contributed by atoms with van der Waals surface area (Å²) < 4.78 is 13.8. The van der Waals surface area contributed by atoms with Crippen LogP contribution in [0.2, 0.25) is 0 Å². The molecule has 1 aliphatic heterocycles. The van der Waals surface area contributed by atoms with Crippen LogP contribution in [-0.4, -0.2) is 40.8 Å². The fourth-order valence-corrected chi connectivity index (χ4v) is 3.24. The van der Waals surface area contributed by atoms with Crippen LogP contribution >= 0.6 is 0 Å². The molecule has 0 unspecified atom stereocenters. The largest absolute Gasteiger partial charge is 0.350 e. The van der Waals surface area contributed by atoms with E-state index >= 15 is 0 Å². The lowest BCUT2D eigenvalue weighted by Gasteiger charge is -2.32. The van der Waals surface area contributed by atoms with Gasteiger partial charge in [0.15, 0.2) is 0 Å². The number of piperidine rings is 1. The average molecular weight is 397 g/mol. The summed E-state index contributed by atoms with van der Waals surface area (Å²) in [6.07, 6.45) is 3.76. The molecule has 3 rings (SSSR count). The van der Waals surface area contributed by atoms with E-state index in [4.69, 9.17) is 0 Å². The normalized spacial score (nSPS) is 14.7. The molecule has 0 spiro atoms. The summed E-state index contributed by atoms with van der Waals surface area (Å²) in [7, 11) is 0. The fourth-order valence-electron chi connectivity index (χ4n) is 3.24. The Balaban J connectivity index is 1.53. The molecule has 1 heterocycles. The third-order valence-corrected chi connectivity index (χ3v) is 4.78. The summed E-state index contributed by atoms with van der Waals surface area (Å²) in [5.74, 6) is -1.26. The number of carbonyl (C=O) groups excluding carboxylic acids is 2. The molecule has 1 N–H and O–H groups in total. The number of benzene rings is 2. The number of nitro groups is 1. The maximum absolute atomic E-state index is 13.8. The molecule has 0 saturated carbocycles. The SMILES string of the molecule is O=C(/C=C/c1ccccc1[N+](=O)[O-])NC1CCN(C(=O)c2ccccc2F)CC1. The van der Waals surface area contributed by atoms with Crippen LogP contribution in [0, 0.1) is 15.9 Å². The van der Waals surface area contributed by atoms with Crippen molar-refractivity contribution in [2.75, 3.05) is 13.1 Å². The number of hydrogen-bond donors (Lipinski definition) is 1. The molecule has 2 amide bonds. The first kappa shape index (κ1) is 20.2. The van der Waals surface area contributed by atoms with Crippen LogP contribution < -0.4 is 5.32 Å². The van der Waals surface area contributed by atoms with E-state index < -0.39 is 10.7 Å². The maximum atomic E-state index is 13.8. The second-order valence-electron chi connectivity index (χ2n) is 6.70. The Morgan fingerprint density at radius 2 is 1.76 bits per heavy atom. The van der Waals surface area contributed by atoms with Crippen molar-refractivity contribution >= 4 is 23.6 Å². The average Bonchev–Trinajstić information content (AvgIpc) is 2.73. The second-order valence-corrected chi connectivity index (χ2v) is 6.70. The molecule has 150 valence electrons. The van der Waals surface area contributed by atoms with Crippen molar-refractivity contribution in [3.05, 3.63) is 81.7 Å². The number of nitro benzene ring substituents is 1. The van der Waals surface area contributed by atoms with Crippen molar-refractivity contribution in [1.29, 1.82) is 0 Å². The van der Waals surface area contributed by atoms with Gasteiger partial charge in [-0.15, -0.1) is 0 Å².